The van der Waals surface area contributed by atoms with Crippen LogP contribution in [0.25, 0.3) is 10.2 Å². The van der Waals surface area contributed by atoms with Crippen LogP contribution in [0.3, 0.4) is 0 Å². The zero-order valence-corrected chi connectivity index (χ0v) is 19.7. The van der Waals surface area contributed by atoms with Gasteiger partial charge in [0.1, 0.15) is 10.7 Å². The average Bonchev–Trinajstić information content (AvgIpc) is 3.32. The summed E-state index contributed by atoms with van der Waals surface area (Å²) in [6.45, 7) is 11.8. The quantitative estimate of drug-likeness (QED) is 0.457. The molecule has 1 aromatic carbocycles. The van der Waals surface area contributed by atoms with E-state index >= 15 is 0 Å². The fourth-order valence-corrected chi connectivity index (χ4v) is 5.37. The molecular formula is C24H29N5OS. The number of aromatic nitrogens is 2. The third-order valence-corrected chi connectivity index (χ3v) is 7.31. The number of fused-ring (bicyclic) bond motifs is 1. The zero-order valence-electron chi connectivity index (χ0n) is 18.8. The molecule has 0 saturated carbocycles. The molecule has 0 unspecified atom stereocenters. The van der Waals surface area contributed by atoms with Crippen LogP contribution in [0, 0.1) is 6.92 Å². The average molecular weight is 436 g/mol. The molecule has 3 heterocycles. The second-order valence-electron chi connectivity index (χ2n) is 7.95. The molecular weight excluding hydrogens is 406 g/mol. The summed E-state index contributed by atoms with van der Waals surface area (Å²) in [6, 6.07) is 9.97. The van der Waals surface area contributed by atoms with Gasteiger partial charge >= 0.3 is 0 Å². The van der Waals surface area contributed by atoms with Crippen molar-refractivity contribution in [2.75, 3.05) is 20.1 Å². The van der Waals surface area contributed by atoms with Crippen LogP contribution in [0.15, 0.2) is 47.6 Å². The van der Waals surface area contributed by atoms with Crippen molar-refractivity contribution in [2.45, 2.75) is 33.2 Å². The van der Waals surface area contributed by atoms with Gasteiger partial charge in [-0.3, -0.25) is 14.5 Å². The zero-order chi connectivity index (χ0) is 22.3. The van der Waals surface area contributed by atoms with E-state index in [1.54, 1.807) is 11.3 Å². The monoisotopic (exact) mass is 435 g/mol. The fourth-order valence-electron chi connectivity index (χ4n) is 4.20. The van der Waals surface area contributed by atoms with Gasteiger partial charge in [0.15, 0.2) is 0 Å². The van der Waals surface area contributed by atoms with Crippen LogP contribution in [-0.2, 0) is 13.5 Å². The molecule has 0 bridgehead atoms. The summed E-state index contributed by atoms with van der Waals surface area (Å²) in [5.74, 6) is 0.950. The Morgan fingerprint density at radius 1 is 1.29 bits per heavy atom. The molecule has 0 radical (unpaired) electrons. The minimum absolute atomic E-state index is 0.0505. The highest BCUT2D eigenvalue weighted by Crippen LogP contribution is 2.31. The predicted octanol–water partition coefficient (Wildman–Crippen LogP) is 4.24. The van der Waals surface area contributed by atoms with Crippen LogP contribution in [0.5, 0.6) is 0 Å². The lowest BCUT2D eigenvalue weighted by atomic mass is 10.1. The Labute approximate surface area is 187 Å². The van der Waals surface area contributed by atoms with Crippen molar-refractivity contribution in [1.29, 1.82) is 0 Å². The lowest BCUT2D eigenvalue weighted by molar-refractivity contribution is 0.0649. The van der Waals surface area contributed by atoms with Gasteiger partial charge in [0.05, 0.1) is 16.6 Å². The van der Waals surface area contributed by atoms with Crippen molar-refractivity contribution >= 4 is 33.3 Å². The minimum Gasteiger partial charge on any atom is -0.329 e. The number of thiophene rings is 1. The van der Waals surface area contributed by atoms with Crippen LogP contribution in [0.1, 0.15) is 40.3 Å². The highest BCUT2D eigenvalue weighted by molar-refractivity contribution is 7.20. The van der Waals surface area contributed by atoms with Gasteiger partial charge in [-0.1, -0.05) is 25.6 Å². The third-order valence-electron chi connectivity index (χ3n) is 6.11. The summed E-state index contributed by atoms with van der Waals surface area (Å²) < 4.78 is 1.92. The Morgan fingerprint density at radius 2 is 2.00 bits per heavy atom. The number of nitrogens with zero attached hydrogens (tertiary/aromatic N) is 5. The van der Waals surface area contributed by atoms with Gasteiger partial charge < -0.3 is 9.80 Å². The highest BCUT2D eigenvalue weighted by Gasteiger charge is 2.33. The number of hydrogen-bond acceptors (Lipinski definition) is 4. The Kier molecular flexibility index (Phi) is 5.71. The van der Waals surface area contributed by atoms with Gasteiger partial charge in [-0.2, -0.15) is 5.10 Å². The van der Waals surface area contributed by atoms with E-state index in [2.05, 4.69) is 34.6 Å². The lowest BCUT2D eigenvalue weighted by Crippen LogP contribution is -2.53. The molecule has 1 aliphatic rings. The maximum atomic E-state index is 13.2. The van der Waals surface area contributed by atoms with E-state index in [1.807, 2.05) is 61.8 Å². The number of carbonyl (C=O) groups is 1. The molecule has 1 fully saturated rings. The van der Waals surface area contributed by atoms with Crippen molar-refractivity contribution < 1.29 is 4.79 Å². The Balaban J connectivity index is 1.56. The normalized spacial score (nSPS) is 17.6. The number of amidine groups is 1. The molecule has 1 amide bonds. The summed E-state index contributed by atoms with van der Waals surface area (Å²) in [4.78, 5) is 24.1. The topological polar surface area (TPSA) is 53.7 Å². The van der Waals surface area contributed by atoms with Crippen LogP contribution in [-0.4, -0.2) is 57.5 Å². The first-order chi connectivity index (χ1) is 14.8. The van der Waals surface area contributed by atoms with Crippen LogP contribution < -0.4 is 0 Å². The number of carbonyl (C=O) groups excluding carboxylic acids is 1. The van der Waals surface area contributed by atoms with Crippen LogP contribution in [0.2, 0.25) is 0 Å². The van der Waals surface area contributed by atoms with Gasteiger partial charge in [0.2, 0.25) is 0 Å². The Morgan fingerprint density at radius 3 is 2.61 bits per heavy atom. The number of piperazine rings is 1. The smallest absolute Gasteiger partial charge is 0.254 e. The molecule has 3 aromatic rings. The van der Waals surface area contributed by atoms with E-state index in [9.17, 15) is 4.79 Å². The molecule has 0 spiro atoms. The van der Waals surface area contributed by atoms with Crippen molar-refractivity contribution in [3.8, 4) is 0 Å². The summed E-state index contributed by atoms with van der Waals surface area (Å²) in [5.41, 5.74) is 3.86. The van der Waals surface area contributed by atoms with Gasteiger partial charge in [0, 0.05) is 43.8 Å². The molecule has 31 heavy (non-hydrogen) atoms. The maximum Gasteiger partial charge on any atom is 0.254 e. The number of benzene rings is 1. The number of hydrogen-bond donors (Lipinski definition) is 0. The van der Waals surface area contributed by atoms with E-state index in [0.29, 0.717) is 13.1 Å². The lowest BCUT2D eigenvalue weighted by Gasteiger charge is -2.42. The van der Waals surface area contributed by atoms with E-state index in [1.165, 1.54) is 5.56 Å². The third kappa shape index (κ3) is 3.67. The molecule has 0 N–H and O–H groups in total. The second kappa shape index (κ2) is 8.30. The summed E-state index contributed by atoms with van der Waals surface area (Å²) in [7, 11) is 3.78. The Bertz CT molecular complexity index is 1140. The Hall–Kier alpha value is -2.93. The van der Waals surface area contributed by atoms with Crippen molar-refractivity contribution in [3.63, 3.8) is 0 Å². The van der Waals surface area contributed by atoms with Gasteiger partial charge in [0.25, 0.3) is 5.91 Å². The van der Waals surface area contributed by atoms with E-state index in [0.717, 1.165) is 44.3 Å². The molecule has 2 aromatic heterocycles. The summed E-state index contributed by atoms with van der Waals surface area (Å²) in [5, 5.41) is 5.66. The standard InChI is InChI=1S/C24H29N5OS/c1-7-18-8-10-19(11-9-18)23(30)29-13-12-28(16(3)17(29)4)22(25-5)21-14-20-15(2)26-27(6)24(20)31-21/h8-11,14,17H,3,7,12-13H2,1-2,4-6H3/t17-/m1/s1. The minimum atomic E-state index is -0.110. The predicted molar refractivity (Wildman–Crippen MR) is 128 cm³/mol. The molecule has 6 nitrogen and oxygen atoms in total. The molecule has 1 aliphatic heterocycles. The van der Waals surface area contributed by atoms with E-state index in [-0.39, 0.29) is 11.9 Å². The molecule has 0 aliphatic carbocycles. The highest BCUT2D eigenvalue weighted by atomic mass is 32.1. The maximum absolute atomic E-state index is 13.2. The largest absolute Gasteiger partial charge is 0.329 e. The number of amides is 1. The molecule has 4 rings (SSSR count). The molecule has 1 atom stereocenters. The molecule has 7 heteroatoms. The summed E-state index contributed by atoms with van der Waals surface area (Å²) in [6.07, 6.45) is 0.965. The molecule has 162 valence electrons. The fraction of sp³-hybridized carbons (Fsp3) is 0.375. The van der Waals surface area contributed by atoms with Crippen molar-refractivity contribution in [2.24, 2.45) is 12.0 Å². The van der Waals surface area contributed by atoms with E-state index < -0.39 is 0 Å². The van der Waals surface area contributed by atoms with E-state index in [4.69, 9.17) is 0 Å². The van der Waals surface area contributed by atoms with Crippen LogP contribution in [0.4, 0.5) is 0 Å². The first kappa shape index (κ1) is 21.3. The first-order valence-electron chi connectivity index (χ1n) is 10.6. The number of rotatable bonds is 3. The van der Waals surface area contributed by atoms with Crippen LogP contribution >= 0.6 is 11.3 Å². The summed E-state index contributed by atoms with van der Waals surface area (Å²) >= 11 is 1.69. The number of aryl methyl sites for hydroxylation is 3. The van der Waals surface area contributed by atoms with Gasteiger partial charge in [-0.05, 0) is 44.0 Å². The second-order valence-corrected chi connectivity index (χ2v) is 8.98. The molecule has 1 saturated heterocycles. The van der Waals surface area contributed by atoms with Crippen molar-refractivity contribution in [1.82, 2.24) is 19.6 Å². The van der Waals surface area contributed by atoms with Gasteiger partial charge in [-0.25, -0.2) is 0 Å². The first-order valence-corrected chi connectivity index (χ1v) is 11.4. The van der Waals surface area contributed by atoms with Crippen molar-refractivity contribution in [3.05, 3.63) is 64.3 Å². The SMILES string of the molecule is C=C1[C@@H](C)N(C(=O)c2ccc(CC)cc2)CCN1C(=NC)c1cc2c(C)nn(C)c2s1. The number of aliphatic imine (C=N–C) groups is 1. The van der Waals surface area contributed by atoms with Gasteiger partial charge in [-0.15, -0.1) is 11.3 Å².